The first-order chi connectivity index (χ1) is 10.5. The maximum absolute atomic E-state index is 11.9. The summed E-state index contributed by atoms with van der Waals surface area (Å²) in [7, 11) is 0. The van der Waals surface area contributed by atoms with Gasteiger partial charge < -0.3 is 20.3 Å². The zero-order valence-corrected chi connectivity index (χ0v) is 13.3. The Kier molecular flexibility index (Phi) is 5.80. The fourth-order valence-corrected chi connectivity index (χ4v) is 2.59. The van der Waals surface area contributed by atoms with Crippen LogP contribution in [-0.4, -0.2) is 41.3 Å². The highest BCUT2D eigenvalue weighted by Crippen LogP contribution is 2.35. The van der Waals surface area contributed by atoms with Gasteiger partial charge >= 0.3 is 0 Å². The number of hydrogen-bond donors (Lipinski definition) is 3. The van der Waals surface area contributed by atoms with E-state index in [1.807, 2.05) is 0 Å². The number of hydrogen-bond acceptors (Lipinski definition) is 5. The molecule has 2 atom stereocenters. The highest BCUT2D eigenvalue weighted by Gasteiger charge is 2.24. The second-order valence-electron chi connectivity index (χ2n) is 5.90. The molecule has 0 saturated carbocycles. The number of aliphatic hydroxyl groups excluding tert-OH is 1. The number of Topliss-reactive ketones (excluding diaryl/α,β-unsaturated/α-hetero) is 1. The summed E-state index contributed by atoms with van der Waals surface area (Å²) in [6, 6.07) is 3.51. The van der Waals surface area contributed by atoms with E-state index in [2.05, 4.69) is 19.2 Å². The molecule has 0 aromatic heterocycles. The van der Waals surface area contributed by atoms with Gasteiger partial charge in [0, 0.05) is 24.6 Å². The fraction of sp³-hybridized carbons (Fsp3) is 0.588. The first kappa shape index (κ1) is 16.8. The first-order valence-corrected chi connectivity index (χ1v) is 7.95. The Bertz CT molecular complexity index is 530. The van der Waals surface area contributed by atoms with Crippen molar-refractivity contribution in [3.63, 3.8) is 0 Å². The zero-order valence-electron chi connectivity index (χ0n) is 13.3. The number of ether oxygens (including phenoxy) is 1. The van der Waals surface area contributed by atoms with E-state index in [0.29, 0.717) is 36.7 Å². The van der Waals surface area contributed by atoms with Gasteiger partial charge in [0.2, 0.25) is 0 Å². The third-order valence-electron chi connectivity index (χ3n) is 4.10. The number of fused-ring (bicyclic) bond motifs is 1. The van der Waals surface area contributed by atoms with Gasteiger partial charge in [-0.05, 0) is 38.3 Å². The van der Waals surface area contributed by atoms with Crippen LogP contribution in [0.4, 0.5) is 0 Å². The molecule has 0 heterocycles. The minimum Gasteiger partial charge on any atom is -0.507 e. The Hall–Kier alpha value is -1.59. The monoisotopic (exact) mass is 307 g/mol. The van der Waals surface area contributed by atoms with Crippen molar-refractivity contribution in [3.8, 4) is 11.5 Å². The van der Waals surface area contributed by atoms with Crippen molar-refractivity contribution in [3.05, 3.63) is 23.3 Å². The summed E-state index contributed by atoms with van der Waals surface area (Å²) in [5, 5.41) is 23.0. The van der Waals surface area contributed by atoms with E-state index >= 15 is 0 Å². The van der Waals surface area contributed by atoms with Gasteiger partial charge in [-0.3, -0.25) is 4.79 Å². The molecule has 2 unspecified atom stereocenters. The lowest BCUT2D eigenvalue weighted by Crippen LogP contribution is -2.36. The van der Waals surface area contributed by atoms with Crippen LogP contribution in [0, 0.1) is 0 Å². The molecule has 0 saturated heterocycles. The smallest absolute Gasteiger partial charge is 0.167 e. The van der Waals surface area contributed by atoms with E-state index in [1.54, 1.807) is 6.07 Å². The van der Waals surface area contributed by atoms with Crippen LogP contribution in [0.15, 0.2) is 12.1 Å². The Morgan fingerprint density at radius 1 is 1.36 bits per heavy atom. The van der Waals surface area contributed by atoms with E-state index in [1.165, 1.54) is 6.07 Å². The molecular formula is C17H25NO4. The zero-order chi connectivity index (χ0) is 16.1. The SMILES string of the molecule is CCC(C)NCC(O)COc1ccc(O)c2c1CCCC2=O. The average molecular weight is 307 g/mol. The van der Waals surface area contributed by atoms with Gasteiger partial charge in [-0.1, -0.05) is 6.92 Å². The van der Waals surface area contributed by atoms with E-state index in [-0.39, 0.29) is 18.1 Å². The number of nitrogens with one attached hydrogen (secondary N) is 1. The number of aliphatic hydroxyl groups is 1. The van der Waals surface area contributed by atoms with Crippen LogP contribution < -0.4 is 10.1 Å². The largest absolute Gasteiger partial charge is 0.507 e. The molecule has 1 aromatic rings. The number of ketones is 1. The molecular weight excluding hydrogens is 282 g/mol. The minimum atomic E-state index is -0.613. The molecule has 5 heteroatoms. The summed E-state index contributed by atoms with van der Waals surface area (Å²) in [4.78, 5) is 11.9. The van der Waals surface area contributed by atoms with Gasteiger partial charge in [-0.2, -0.15) is 0 Å². The lowest BCUT2D eigenvalue weighted by molar-refractivity contribution is 0.0960. The van der Waals surface area contributed by atoms with Gasteiger partial charge in [0.15, 0.2) is 5.78 Å². The Balaban J connectivity index is 1.99. The lowest BCUT2D eigenvalue weighted by Gasteiger charge is -2.21. The van der Waals surface area contributed by atoms with Gasteiger partial charge in [0.05, 0.1) is 5.56 Å². The summed E-state index contributed by atoms with van der Waals surface area (Å²) in [6.07, 6.45) is 2.33. The second kappa shape index (κ2) is 7.61. The number of rotatable bonds is 7. The van der Waals surface area contributed by atoms with Gasteiger partial charge in [0.25, 0.3) is 0 Å². The number of carbonyl (C=O) groups is 1. The van der Waals surface area contributed by atoms with Crippen LogP contribution in [-0.2, 0) is 6.42 Å². The van der Waals surface area contributed by atoms with Crippen LogP contribution in [0.1, 0.15) is 49.0 Å². The summed E-state index contributed by atoms with van der Waals surface area (Å²) in [5.41, 5.74) is 1.15. The summed E-state index contributed by atoms with van der Waals surface area (Å²) in [6.45, 7) is 4.78. The molecule has 1 aliphatic carbocycles. The van der Waals surface area contributed by atoms with Gasteiger partial charge in [0.1, 0.15) is 24.2 Å². The summed E-state index contributed by atoms with van der Waals surface area (Å²) >= 11 is 0. The quantitative estimate of drug-likeness (QED) is 0.718. The molecule has 2 rings (SSSR count). The standard InChI is InChI=1S/C17H25NO4/c1-3-11(2)18-9-12(19)10-22-16-8-7-15(21)17-13(16)5-4-6-14(17)20/h7-8,11-12,18-19,21H,3-6,9-10H2,1-2H3. The Morgan fingerprint density at radius 2 is 2.14 bits per heavy atom. The number of phenolic OH excluding ortho intramolecular Hbond substituents is 1. The maximum Gasteiger partial charge on any atom is 0.167 e. The topological polar surface area (TPSA) is 78.8 Å². The molecule has 122 valence electrons. The normalized spacial score (nSPS) is 17.0. The van der Waals surface area contributed by atoms with E-state index < -0.39 is 6.10 Å². The van der Waals surface area contributed by atoms with Crippen molar-refractivity contribution in [2.24, 2.45) is 0 Å². The minimum absolute atomic E-state index is 0.0195. The van der Waals surface area contributed by atoms with E-state index in [0.717, 1.165) is 18.4 Å². The molecule has 0 radical (unpaired) electrons. The van der Waals surface area contributed by atoms with Crippen molar-refractivity contribution in [1.82, 2.24) is 5.32 Å². The highest BCUT2D eigenvalue weighted by molar-refractivity contribution is 6.01. The molecule has 3 N–H and O–H groups in total. The number of aromatic hydroxyl groups is 1. The third kappa shape index (κ3) is 3.99. The van der Waals surface area contributed by atoms with Crippen LogP contribution in [0.3, 0.4) is 0 Å². The van der Waals surface area contributed by atoms with Crippen molar-refractivity contribution < 1.29 is 19.7 Å². The molecule has 0 amide bonds. The van der Waals surface area contributed by atoms with Crippen LogP contribution in [0.2, 0.25) is 0 Å². The first-order valence-electron chi connectivity index (χ1n) is 7.95. The van der Waals surface area contributed by atoms with Crippen LogP contribution in [0.25, 0.3) is 0 Å². The molecule has 0 aliphatic heterocycles. The highest BCUT2D eigenvalue weighted by atomic mass is 16.5. The molecule has 1 aromatic carbocycles. The third-order valence-corrected chi connectivity index (χ3v) is 4.10. The molecule has 0 fully saturated rings. The predicted molar refractivity (Wildman–Crippen MR) is 84.6 cm³/mol. The van der Waals surface area contributed by atoms with E-state index in [4.69, 9.17) is 4.74 Å². The average Bonchev–Trinajstić information content (AvgIpc) is 2.52. The second-order valence-corrected chi connectivity index (χ2v) is 5.90. The van der Waals surface area contributed by atoms with Crippen molar-refractivity contribution in [1.29, 1.82) is 0 Å². The van der Waals surface area contributed by atoms with Crippen LogP contribution in [0.5, 0.6) is 11.5 Å². The maximum atomic E-state index is 11.9. The molecule has 1 aliphatic rings. The van der Waals surface area contributed by atoms with Crippen molar-refractivity contribution in [2.45, 2.75) is 51.7 Å². The van der Waals surface area contributed by atoms with Gasteiger partial charge in [-0.25, -0.2) is 0 Å². The Labute approximate surface area is 131 Å². The fourth-order valence-electron chi connectivity index (χ4n) is 2.59. The lowest BCUT2D eigenvalue weighted by atomic mass is 9.89. The summed E-state index contributed by atoms with van der Waals surface area (Å²) < 4.78 is 5.68. The van der Waals surface area contributed by atoms with Crippen molar-refractivity contribution in [2.75, 3.05) is 13.2 Å². The van der Waals surface area contributed by atoms with Crippen LogP contribution >= 0.6 is 0 Å². The molecule has 5 nitrogen and oxygen atoms in total. The van der Waals surface area contributed by atoms with Gasteiger partial charge in [-0.15, -0.1) is 0 Å². The molecule has 22 heavy (non-hydrogen) atoms. The number of phenols is 1. The van der Waals surface area contributed by atoms with Crippen molar-refractivity contribution >= 4 is 5.78 Å². The molecule has 0 bridgehead atoms. The summed E-state index contributed by atoms with van der Waals surface area (Å²) in [5.74, 6) is 0.567. The Morgan fingerprint density at radius 3 is 2.86 bits per heavy atom. The van der Waals surface area contributed by atoms with E-state index in [9.17, 15) is 15.0 Å². The predicted octanol–water partition coefficient (Wildman–Crippen LogP) is 2.04. The molecule has 0 spiro atoms. The number of carbonyl (C=O) groups excluding carboxylic acids is 1. The number of benzene rings is 1.